The normalized spacial score (nSPS) is 31.4. The summed E-state index contributed by atoms with van der Waals surface area (Å²) in [7, 11) is -2.55. The van der Waals surface area contributed by atoms with E-state index in [1.165, 1.54) is 4.90 Å². The van der Waals surface area contributed by atoms with Crippen LogP contribution in [0.2, 0.25) is 0 Å². The highest BCUT2D eigenvalue weighted by atomic mass is 32.2. The molecule has 2 bridgehead atoms. The molecule has 0 radical (unpaired) electrons. The van der Waals surface area contributed by atoms with Crippen LogP contribution in [0, 0.1) is 34.5 Å². The number of ether oxygens (including phenoxy) is 3. The van der Waals surface area contributed by atoms with Gasteiger partial charge in [-0.15, -0.1) is 0 Å². The van der Waals surface area contributed by atoms with Crippen molar-refractivity contribution in [3.63, 3.8) is 0 Å². The minimum atomic E-state index is -4.09. The summed E-state index contributed by atoms with van der Waals surface area (Å²) < 4.78 is 73.9. The Kier molecular flexibility index (Phi) is 10.8. The van der Waals surface area contributed by atoms with Crippen LogP contribution >= 0.6 is 0 Å². The maximum absolute atomic E-state index is 14.8. The quantitative estimate of drug-likeness (QED) is 0.349. The lowest BCUT2D eigenvalue weighted by Gasteiger charge is -2.35. The molecule has 1 saturated heterocycles. The van der Waals surface area contributed by atoms with Gasteiger partial charge in [-0.05, 0) is 68.4 Å². The van der Waals surface area contributed by atoms with E-state index in [9.17, 15) is 36.4 Å². The molecule has 2 aromatic rings. The second-order valence-corrected chi connectivity index (χ2v) is 19.6. The number of nitrogens with one attached hydrogen (secondary N) is 1. The number of ketones is 1. The average molecular weight is 803 g/mol. The van der Waals surface area contributed by atoms with Gasteiger partial charge in [0.2, 0.25) is 34.1 Å². The Bertz CT molecular complexity index is 2000. The van der Waals surface area contributed by atoms with Gasteiger partial charge in [-0.25, -0.2) is 27.2 Å². The van der Waals surface area contributed by atoms with Crippen LogP contribution in [0.25, 0.3) is 11.0 Å². The van der Waals surface area contributed by atoms with E-state index in [1.54, 1.807) is 26.2 Å². The van der Waals surface area contributed by atoms with Crippen molar-refractivity contribution in [3.05, 3.63) is 23.9 Å². The van der Waals surface area contributed by atoms with Gasteiger partial charge in [-0.3, -0.25) is 23.9 Å². The van der Waals surface area contributed by atoms with Gasteiger partial charge in [0.05, 0.1) is 53.7 Å². The van der Waals surface area contributed by atoms with E-state index in [0.29, 0.717) is 41.7 Å². The number of amides is 2. The molecule has 1 aromatic carbocycles. The SMILES string of the molecule is COc1ccc2nc3c(nc2c1)O[C@H]1CN(C(=O)[C@H](C(C)(C)C)CC(=O)O[C@@H]2C[C@H]2CCCCC3)[C@H](C(=O)C[C@]2(C(=O)NS(=O)(=O)C3CC3)C[C@H]2C(F)F)[C@@H]1C. The summed E-state index contributed by atoms with van der Waals surface area (Å²) >= 11 is 0. The van der Waals surface area contributed by atoms with Crippen LogP contribution in [-0.2, 0) is 40.4 Å². The van der Waals surface area contributed by atoms with E-state index in [0.717, 1.165) is 32.1 Å². The van der Waals surface area contributed by atoms with Crippen molar-refractivity contribution in [2.24, 2.45) is 34.5 Å². The van der Waals surface area contributed by atoms with Crippen LogP contribution < -0.4 is 14.2 Å². The molecule has 3 heterocycles. The van der Waals surface area contributed by atoms with Gasteiger partial charge in [-0.2, -0.15) is 0 Å². The summed E-state index contributed by atoms with van der Waals surface area (Å²) in [5.41, 5.74) is -0.957. The lowest BCUT2D eigenvalue weighted by molar-refractivity contribution is -0.154. The zero-order valence-corrected chi connectivity index (χ0v) is 33.4. The van der Waals surface area contributed by atoms with Gasteiger partial charge in [-0.1, -0.05) is 40.5 Å². The molecule has 1 aromatic heterocycles. The predicted octanol–water partition coefficient (Wildman–Crippen LogP) is 5.17. The number of halogens is 2. The Morgan fingerprint density at radius 1 is 1.05 bits per heavy atom. The van der Waals surface area contributed by atoms with Crippen LogP contribution in [0.1, 0.15) is 97.6 Å². The summed E-state index contributed by atoms with van der Waals surface area (Å²) in [6.45, 7) is 7.08. The molecular weight excluding hydrogens is 751 g/mol. The molecule has 306 valence electrons. The maximum atomic E-state index is 14.8. The van der Waals surface area contributed by atoms with Crippen LogP contribution in [0.15, 0.2) is 18.2 Å². The van der Waals surface area contributed by atoms with Gasteiger partial charge in [0.15, 0.2) is 5.78 Å². The number of nitrogens with zero attached hydrogens (tertiary/aromatic N) is 3. The summed E-state index contributed by atoms with van der Waals surface area (Å²) in [6.07, 6.45) is 0.213. The monoisotopic (exact) mass is 802 g/mol. The molecule has 56 heavy (non-hydrogen) atoms. The number of carbonyl (C=O) groups excluding carboxylic acids is 4. The van der Waals surface area contributed by atoms with E-state index in [-0.39, 0.29) is 37.3 Å². The molecular formula is C40H52F2N4O9S. The number of carbonyl (C=O) groups is 4. The number of alkyl halides is 2. The van der Waals surface area contributed by atoms with E-state index in [4.69, 9.17) is 24.2 Å². The minimum Gasteiger partial charge on any atom is -0.497 e. The molecule has 13 nitrogen and oxygen atoms in total. The molecule has 7 rings (SSSR count). The Morgan fingerprint density at radius 2 is 1.80 bits per heavy atom. The lowest BCUT2D eigenvalue weighted by atomic mass is 9.77. The molecule has 5 aliphatic rings. The fraction of sp³-hybridized carbons (Fsp3) is 0.700. The third kappa shape index (κ3) is 8.22. The first-order valence-corrected chi connectivity index (χ1v) is 21.3. The van der Waals surface area contributed by atoms with Gasteiger partial charge >= 0.3 is 5.97 Å². The molecule has 3 saturated carbocycles. The second-order valence-electron chi connectivity index (χ2n) is 17.6. The number of aromatic nitrogens is 2. The number of rotatable bonds is 8. The predicted molar refractivity (Wildman–Crippen MR) is 199 cm³/mol. The molecule has 4 fully saturated rings. The Hall–Kier alpha value is -3.95. The molecule has 0 spiro atoms. The van der Waals surface area contributed by atoms with Crippen LogP contribution in [0.4, 0.5) is 8.78 Å². The number of fused-ring (bicyclic) bond motifs is 5. The minimum absolute atomic E-state index is 0.104. The highest BCUT2D eigenvalue weighted by Gasteiger charge is 2.66. The number of aryl methyl sites for hydroxylation is 1. The number of benzene rings is 1. The lowest BCUT2D eigenvalue weighted by Crippen LogP contribution is -2.50. The Labute approximate surface area is 326 Å². The van der Waals surface area contributed by atoms with Gasteiger partial charge in [0, 0.05) is 24.3 Å². The molecule has 8 atom stereocenters. The van der Waals surface area contributed by atoms with Crippen molar-refractivity contribution in [1.29, 1.82) is 0 Å². The van der Waals surface area contributed by atoms with Crippen molar-refractivity contribution >= 4 is 44.6 Å². The molecule has 2 amide bonds. The van der Waals surface area contributed by atoms with E-state index in [2.05, 4.69) is 0 Å². The molecule has 3 aliphatic carbocycles. The van der Waals surface area contributed by atoms with Crippen molar-refractivity contribution in [2.75, 3.05) is 13.7 Å². The highest BCUT2D eigenvalue weighted by molar-refractivity contribution is 7.90. The summed E-state index contributed by atoms with van der Waals surface area (Å²) in [4.78, 5) is 67.4. The third-order valence-corrected chi connectivity index (χ3v) is 14.3. The van der Waals surface area contributed by atoms with E-state index in [1.807, 2.05) is 31.6 Å². The average Bonchev–Trinajstić information content (AvgIpc) is 4.03. The fourth-order valence-electron chi connectivity index (χ4n) is 8.59. The zero-order chi connectivity index (χ0) is 40.3. The van der Waals surface area contributed by atoms with E-state index >= 15 is 0 Å². The standard InChI is InChI=1S/C40H52F2N4O9S/c1-21-32-20-46(34(21)30(47)19-40(18-26(40)35(41)42)38(50)45-56(51,52)24-12-13-24)37(49)25(39(2,3)4)17-33(48)54-31-15-22(31)9-7-6-8-10-28-36(55-32)44-29-16-23(53-5)11-14-27(29)43-28/h11,14,16,21-22,24-26,31-32,34-35H,6-10,12-13,15,17-20H2,1-5H3,(H,45,50)/t21-,22-,25-,26+,31-,32+,34+,40-/m1/s1. The highest BCUT2D eigenvalue weighted by Crippen LogP contribution is 2.59. The first kappa shape index (κ1) is 40.3. The topological polar surface area (TPSA) is 171 Å². The van der Waals surface area contributed by atoms with Gasteiger partial charge in [0.1, 0.15) is 23.7 Å². The maximum Gasteiger partial charge on any atom is 0.306 e. The fourth-order valence-corrected chi connectivity index (χ4v) is 9.97. The third-order valence-electron chi connectivity index (χ3n) is 12.5. The Balaban J connectivity index is 1.25. The van der Waals surface area contributed by atoms with Crippen LogP contribution in [0.5, 0.6) is 11.6 Å². The number of esters is 1. The zero-order valence-electron chi connectivity index (χ0n) is 32.6. The van der Waals surface area contributed by atoms with Crippen LogP contribution in [-0.4, -0.2) is 90.4 Å². The van der Waals surface area contributed by atoms with Crippen molar-refractivity contribution in [1.82, 2.24) is 19.6 Å². The number of hydrogen-bond acceptors (Lipinski definition) is 11. The molecule has 1 N–H and O–H groups in total. The van der Waals surface area contributed by atoms with Crippen molar-refractivity contribution < 1.29 is 50.6 Å². The van der Waals surface area contributed by atoms with Crippen LogP contribution in [0.3, 0.4) is 0 Å². The van der Waals surface area contributed by atoms with Crippen molar-refractivity contribution in [3.8, 4) is 11.6 Å². The summed E-state index contributed by atoms with van der Waals surface area (Å²) in [5.74, 6) is -4.95. The first-order chi connectivity index (χ1) is 26.4. The van der Waals surface area contributed by atoms with E-state index < -0.39 is 92.4 Å². The number of methoxy groups -OCH3 is 1. The molecule has 2 aliphatic heterocycles. The number of sulfonamides is 1. The van der Waals surface area contributed by atoms with Crippen molar-refractivity contribution in [2.45, 2.75) is 128 Å². The summed E-state index contributed by atoms with van der Waals surface area (Å²) in [5, 5.41) is -0.779. The van der Waals surface area contributed by atoms with Gasteiger partial charge < -0.3 is 19.1 Å². The summed E-state index contributed by atoms with van der Waals surface area (Å²) in [6, 6.07) is 4.10. The number of hydrogen-bond donors (Lipinski definition) is 1. The molecule has 0 unspecified atom stereocenters. The first-order valence-electron chi connectivity index (χ1n) is 19.8. The largest absolute Gasteiger partial charge is 0.497 e. The smallest absolute Gasteiger partial charge is 0.306 e. The molecule has 16 heteroatoms. The second kappa shape index (κ2) is 15.1. The Morgan fingerprint density at radius 3 is 2.46 bits per heavy atom. The number of Topliss-reactive ketones (excluding diaryl/α,β-unsaturated/α-hetero) is 1. The van der Waals surface area contributed by atoms with Gasteiger partial charge in [0.25, 0.3) is 0 Å².